The van der Waals surface area contributed by atoms with Gasteiger partial charge in [0.15, 0.2) is 0 Å². The molecule has 2 heterocycles. The third kappa shape index (κ3) is 2.96. The van der Waals surface area contributed by atoms with Gasteiger partial charge < -0.3 is 14.5 Å². The number of nitrogens with zero attached hydrogens (tertiary/aromatic N) is 2. The van der Waals surface area contributed by atoms with E-state index >= 15 is 0 Å². The topological polar surface area (TPSA) is 32.8 Å². The number of alkyl halides is 1. The molecule has 2 aliphatic heterocycles. The zero-order chi connectivity index (χ0) is 10.7. The number of morpholine rings is 1. The second-order valence-corrected chi connectivity index (χ2v) is 5.83. The van der Waals surface area contributed by atoms with E-state index in [-0.39, 0.29) is 6.03 Å². The molecule has 0 radical (unpaired) electrons. The van der Waals surface area contributed by atoms with Gasteiger partial charge >= 0.3 is 6.03 Å². The maximum Gasteiger partial charge on any atom is 0.320 e. The normalized spacial score (nSPS) is 27.9. The molecule has 86 valence electrons. The SMILES string of the molecule is O=C(N1CCOCC1)N1CCCC(I)C1. The third-order valence-electron chi connectivity index (χ3n) is 2.92. The minimum atomic E-state index is 0.208. The number of carbonyl (C=O) groups is 1. The van der Waals surface area contributed by atoms with E-state index in [1.165, 1.54) is 6.42 Å². The Balaban J connectivity index is 1.88. The number of amides is 2. The lowest BCUT2D eigenvalue weighted by Gasteiger charge is -2.36. The number of hydrogen-bond donors (Lipinski definition) is 0. The van der Waals surface area contributed by atoms with Gasteiger partial charge in [0.05, 0.1) is 13.2 Å². The highest BCUT2D eigenvalue weighted by atomic mass is 127. The molecule has 0 N–H and O–H groups in total. The molecule has 0 bridgehead atoms. The van der Waals surface area contributed by atoms with Crippen molar-refractivity contribution in [3.63, 3.8) is 0 Å². The second kappa shape index (κ2) is 5.34. The third-order valence-corrected chi connectivity index (χ3v) is 3.93. The van der Waals surface area contributed by atoms with Gasteiger partial charge in [0.1, 0.15) is 0 Å². The molecular weight excluding hydrogens is 307 g/mol. The molecule has 0 aliphatic carbocycles. The van der Waals surface area contributed by atoms with E-state index in [4.69, 9.17) is 4.74 Å². The van der Waals surface area contributed by atoms with Crippen molar-refractivity contribution in [2.75, 3.05) is 39.4 Å². The number of carbonyl (C=O) groups excluding carboxylic acids is 1. The summed E-state index contributed by atoms with van der Waals surface area (Å²) in [4.78, 5) is 16.0. The van der Waals surface area contributed by atoms with Gasteiger partial charge in [-0.3, -0.25) is 0 Å². The average molecular weight is 324 g/mol. The Labute approximate surface area is 104 Å². The Morgan fingerprint density at radius 2 is 1.93 bits per heavy atom. The van der Waals surface area contributed by atoms with E-state index in [9.17, 15) is 4.79 Å². The minimum absolute atomic E-state index is 0.208. The maximum atomic E-state index is 12.1. The molecule has 2 fully saturated rings. The van der Waals surface area contributed by atoms with E-state index in [0.29, 0.717) is 17.1 Å². The van der Waals surface area contributed by atoms with Crippen LogP contribution in [0.2, 0.25) is 0 Å². The fourth-order valence-corrected chi connectivity index (χ4v) is 2.97. The van der Waals surface area contributed by atoms with Crippen molar-refractivity contribution >= 4 is 28.6 Å². The smallest absolute Gasteiger partial charge is 0.320 e. The van der Waals surface area contributed by atoms with Crippen LogP contribution in [-0.4, -0.2) is 59.1 Å². The molecule has 2 saturated heterocycles. The first-order chi connectivity index (χ1) is 7.27. The highest BCUT2D eigenvalue weighted by molar-refractivity contribution is 14.1. The average Bonchev–Trinajstić information content (AvgIpc) is 2.29. The van der Waals surface area contributed by atoms with Crippen LogP contribution >= 0.6 is 22.6 Å². The fraction of sp³-hybridized carbons (Fsp3) is 0.900. The molecule has 2 aliphatic rings. The monoisotopic (exact) mass is 324 g/mol. The Bertz CT molecular complexity index is 231. The Kier molecular flexibility index (Phi) is 4.07. The Morgan fingerprint density at radius 3 is 2.60 bits per heavy atom. The van der Waals surface area contributed by atoms with E-state index in [0.717, 1.165) is 32.6 Å². The highest BCUT2D eigenvalue weighted by Gasteiger charge is 2.26. The van der Waals surface area contributed by atoms with Gasteiger partial charge in [0.25, 0.3) is 0 Å². The summed E-state index contributed by atoms with van der Waals surface area (Å²) in [6.07, 6.45) is 2.39. The first-order valence-corrected chi connectivity index (χ1v) is 6.77. The number of halogens is 1. The second-order valence-electron chi connectivity index (χ2n) is 4.07. The van der Waals surface area contributed by atoms with Crippen molar-refractivity contribution in [1.29, 1.82) is 0 Å². The maximum absolute atomic E-state index is 12.1. The van der Waals surface area contributed by atoms with Crippen molar-refractivity contribution in [3.8, 4) is 0 Å². The quantitative estimate of drug-likeness (QED) is 0.498. The van der Waals surface area contributed by atoms with Crippen LogP contribution in [-0.2, 0) is 4.74 Å². The van der Waals surface area contributed by atoms with Crippen LogP contribution in [0.4, 0.5) is 4.79 Å². The van der Waals surface area contributed by atoms with Crippen LogP contribution in [0.15, 0.2) is 0 Å². The molecule has 2 amide bonds. The molecule has 5 heteroatoms. The van der Waals surface area contributed by atoms with E-state index in [2.05, 4.69) is 22.6 Å². The minimum Gasteiger partial charge on any atom is -0.378 e. The summed E-state index contributed by atoms with van der Waals surface area (Å²) in [5.41, 5.74) is 0. The number of ether oxygens (including phenoxy) is 1. The van der Waals surface area contributed by atoms with Gasteiger partial charge in [-0.15, -0.1) is 0 Å². The number of rotatable bonds is 0. The van der Waals surface area contributed by atoms with Crippen molar-refractivity contribution in [2.24, 2.45) is 0 Å². The highest BCUT2D eigenvalue weighted by Crippen LogP contribution is 2.18. The van der Waals surface area contributed by atoms with E-state index in [1.54, 1.807) is 0 Å². The van der Waals surface area contributed by atoms with Gasteiger partial charge in [-0.2, -0.15) is 0 Å². The van der Waals surface area contributed by atoms with Gasteiger partial charge in [-0.1, -0.05) is 22.6 Å². The molecule has 4 nitrogen and oxygen atoms in total. The lowest BCUT2D eigenvalue weighted by molar-refractivity contribution is 0.0421. The van der Waals surface area contributed by atoms with E-state index in [1.807, 2.05) is 9.80 Å². The molecule has 0 spiro atoms. The van der Waals surface area contributed by atoms with Crippen molar-refractivity contribution in [3.05, 3.63) is 0 Å². The zero-order valence-corrected chi connectivity index (χ0v) is 11.0. The Morgan fingerprint density at radius 1 is 1.20 bits per heavy atom. The van der Waals surface area contributed by atoms with E-state index < -0.39 is 0 Å². The van der Waals surface area contributed by atoms with Gasteiger partial charge in [0, 0.05) is 30.1 Å². The summed E-state index contributed by atoms with van der Waals surface area (Å²) in [6.45, 7) is 4.72. The van der Waals surface area contributed by atoms with Gasteiger partial charge in [0.2, 0.25) is 0 Å². The predicted molar refractivity (Wildman–Crippen MR) is 66.4 cm³/mol. The summed E-state index contributed by atoms with van der Waals surface area (Å²) in [7, 11) is 0. The molecule has 0 aromatic rings. The summed E-state index contributed by atoms with van der Waals surface area (Å²) < 4.78 is 5.87. The molecule has 2 rings (SSSR count). The molecule has 0 aromatic heterocycles. The van der Waals surface area contributed by atoms with Crippen LogP contribution < -0.4 is 0 Å². The predicted octanol–water partition coefficient (Wildman–Crippen LogP) is 1.34. The summed E-state index contributed by atoms with van der Waals surface area (Å²) in [5, 5.41) is 0. The summed E-state index contributed by atoms with van der Waals surface area (Å²) in [5.74, 6) is 0. The first kappa shape index (κ1) is 11.4. The van der Waals surface area contributed by atoms with Crippen LogP contribution in [0.5, 0.6) is 0 Å². The zero-order valence-electron chi connectivity index (χ0n) is 8.82. The molecule has 1 unspecified atom stereocenters. The molecular formula is C10H17IN2O2. The summed E-state index contributed by atoms with van der Waals surface area (Å²) in [6, 6.07) is 0.208. The molecule has 1 atom stereocenters. The lowest BCUT2D eigenvalue weighted by atomic mass is 10.1. The number of piperidine rings is 1. The molecule has 15 heavy (non-hydrogen) atoms. The lowest BCUT2D eigenvalue weighted by Crippen LogP contribution is -2.51. The summed E-state index contributed by atoms with van der Waals surface area (Å²) >= 11 is 2.44. The van der Waals surface area contributed by atoms with Crippen LogP contribution in [0, 0.1) is 0 Å². The van der Waals surface area contributed by atoms with Gasteiger partial charge in [-0.05, 0) is 12.8 Å². The van der Waals surface area contributed by atoms with Crippen LogP contribution in [0.25, 0.3) is 0 Å². The van der Waals surface area contributed by atoms with Crippen molar-refractivity contribution < 1.29 is 9.53 Å². The largest absolute Gasteiger partial charge is 0.378 e. The number of likely N-dealkylation sites (tertiary alicyclic amines) is 1. The Hall–Kier alpha value is -0.0400. The number of urea groups is 1. The van der Waals surface area contributed by atoms with Crippen molar-refractivity contribution in [1.82, 2.24) is 9.80 Å². The van der Waals surface area contributed by atoms with Crippen LogP contribution in [0.1, 0.15) is 12.8 Å². The van der Waals surface area contributed by atoms with Gasteiger partial charge in [-0.25, -0.2) is 4.79 Å². The molecule has 0 aromatic carbocycles. The van der Waals surface area contributed by atoms with Crippen molar-refractivity contribution in [2.45, 2.75) is 16.8 Å². The number of hydrogen-bond acceptors (Lipinski definition) is 2. The first-order valence-electron chi connectivity index (χ1n) is 5.53. The molecule has 0 saturated carbocycles. The fourth-order valence-electron chi connectivity index (χ4n) is 2.05. The van der Waals surface area contributed by atoms with Crippen LogP contribution in [0.3, 0.4) is 0 Å². The standard InChI is InChI=1S/C10H17IN2O2/c11-9-2-1-3-13(8-9)10(14)12-4-6-15-7-5-12/h9H,1-8H2.